The van der Waals surface area contributed by atoms with E-state index in [2.05, 4.69) is 26.1 Å². The largest absolute Gasteiger partial charge is 0.329 e. The molecule has 0 spiro atoms. The molecule has 1 heterocycles. The number of nitrogens with one attached hydrogen (secondary N) is 1. The van der Waals surface area contributed by atoms with Crippen molar-refractivity contribution in [1.29, 1.82) is 0 Å². The standard InChI is InChI=1S/C29H34Cl2N4O2/c1-29(2,3)25-17-26(35(33-25)22-14-15-23(30)24(31)16-22)32-27(36)19-34(18-20-10-6-4-7-11-20)28(37)21-12-8-5-9-13-21/h4,6-7,10-11,14-17,21H,5,8-9,12-13,18-19H2,1-3H3,(H,32,36). The van der Waals surface area contributed by atoms with Crippen molar-refractivity contribution in [2.45, 2.75) is 64.8 Å². The van der Waals surface area contributed by atoms with Gasteiger partial charge in [0, 0.05) is 23.9 Å². The summed E-state index contributed by atoms with van der Waals surface area (Å²) in [4.78, 5) is 28.5. The first-order valence-corrected chi connectivity index (χ1v) is 13.6. The van der Waals surface area contributed by atoms with Crippen LogP contribution in [-0.2, 0) is 21.5 Å². The molecule has 3 aromatic rings. The fourth-order valence-corrected chi connectivity index (χ4v) is 4.92. The second kappa shape index (κ2) is 11.7. The number of carbonyl (C=O) groups excluding carboxylic acids is 2. The molecule has 8 heteroatoms. The Morgan fingerprint density at radius 3 is 2.35 bits per heavy atom. The maximum Gasteiger partial charge on any atom is 0.245 e. The van der Waals surface area contributed by atoms with Crippen LogP contribution in [0.2, 0.25) is 10.0 Å². The molecule has 1 aromatic heterocycles. The molecule has 0 bridgehead atoms. The molecule has 1 aliphatic rings. The molecule has 37 heavy (non-hydrogen) atoms. The van der Waals surface area contributed by atoms with Gasteiger partial charge in [-0.1, -0.05) is 93.6 Å². The molecule has 0 unspecified atom stereocenters. The normalized spacial score (nSPS) is 14.4. The lowest BCUT2D eigenvalue weighted by atomic mass is 9.88. The first-order chi connectivity index (χ1) is 17.6. The molecule has 6 nitrogen and oxygen atoms in total. The van der Waals surface area contributed by atoms with Crippen LogP contribution in [0.1, 0.15) is 64.1 Å². The van der Waals surface area contributed by atoms with E-state index in [0.717, 1.165) is 43.4 Å². The van der Waals surface area contributed by atoms with Crippen molar-refractivity contribution in [2.24, 2.45) is 5.92 Å². The summed E-state index contributed by atoms with van der Waals surface area (Å²) in [5.41, 5.74) is 2.25. The van der Waals surface area contributed by atoms with Crippen molar-refractivity contribution in [2.75, 3.05) is 11.9 Å². The zero-order chi connectivity index (χ0) is 26.6. The van der Waals surface area contributed by atoms with Crippen LogP contribution in [0.4, 0.5) is 5.82 Å². The van der Waals surface area contributed by atoms with E-state index in [1.54, 1.807) is 27.8 Å². The van der Waals surface area contributed by atoms with Crippen molar-refractivity contribution in [3.05, 3.63) is 75.9 Å². The van der Waals surface area contributed by atoms with E-state index in [9.17, 15) is 9.59 Å². The monoisotopic (exact) mass is 540 g/mol. The number of amides is 2. The molecule has 0 radical (unpaired) electrons. The Hall–Kier alpha value is -2.83. The second-order valence-corrected chi connectivity index (χ2v) is 11.6. The minimum absolute atomic E-state index is 0.0282. The van der Waals surface area contributed by atoms with Gasteiger partial charge in [-0.25, -0.2) is 4.68 Å². The highest BCUT2D eigenvalue weighted by atomic mass is 35.5. The summed E-state index contributed by atoms with van der Waals surface area (Å²) in [7, 11) is 0. The molecular formula is C29H34Cl2N4O2. The average molecular weight is 542 g/mol. The van der Waals surface area contributed by atoms with E-state index in [4.69, 9.17) is 28.3 Å². The Labute approximate surface area is 228 Å². The van der Waals surface area contributed by atoms with Gasteiger partial charge < -0.3 is 10.2 Å². The van der Waals surface area contributed by atoms with Crippen molar-refractivity contribution in [3.63, 3.8) is 0 Å². The fourth-order valence-electron chi connectivity index (χ4n) is 4.63. The quantitative estimate of drug-likeness (QED) is 0.350. The van der Waals surface area contributed by atoms with Crippen LogP contribution < -0.4 is 5.32 Å². The van der Waals surface area contributed by atoms with Gasteiger partial charge in [0.2, 0.25) is 11.8 Å². The third-order valence-corrected chi connectivity index (χ3v) is 7.45. The van der Waals surface area contributed by atoms with Gasteiger partial charge in [0.15, 0.2) is 0 Å². The maximum atomic E-state index is 13.5. The van der Waals surface area contributed by atoms with Crippen molar-refractivity contribution in [1.82, 2.24) is 14.7 Å². The zero-order valence-corrected chi connectivity index (χ0v) is 23.1. The van der Waals surface area contributed by atoms with Crippen LogP contribution in [0, 0.1) is 5.92 Å². The van der Waals surface area contributed by atoms with E-state index < -0.39 is 0 Å². The third kappa shape index (κ3) is 6.93. The Bertz CT molecular complexity index is 1240. The number of aromatic nitrogens is 2. The number of hydrogen-bond donors (Lipinski definition) is 1. The van der Waals surface area contributed by atoms with E-state index in [0.29, 0.717) is 28.1 Å². The highest BCUT2D eigenvalue weighted by Gasteiger charge is 2.28. The van der Waals surface area contributed by atoms with Gasteiger partial charge in [-0.2, -0.15) is 5.10 Å². The smallest absolute Gasteiger partial charge is 0.245 e. The Morgan fingerprint density at radius 1 is 1.00 bits per heavy atom. The van der Waals surface area contributed by atoms with Crippen LogP contribution in [0.3, 0.4) is 0 Å². The van der Waals surface area contributed by atoms with E-state index in [1.807, 2.05) is 36.4 Å². The molecule has 2 aromatic carbocycles. The van der Waals surface area contributed by atoms with Gasteiger partial charge in [0.1, 0.15) is 12.4 Å². The number of anilines is 1. The summed E-state index contributed by atoms with van der Waals surface area (Å²) in [5.74, 6) is 0.256. The molecule has 1 N–H and O–H groups in total. The first-order valence-electron chi connectivity index (χ1n) is 12.8. The van der Waals surface area contributed by atoms with Crippen LogP contribution >= 0.6 is 23.2 Å². The van der Waals surface area contributed by atoms with Crippen molar-refractivity contribution in [3.8, 4) is 5.69 Å². The first kappa shape index (κ1) is 27.2. The highest BCUT2D eigenvalue weighted by molar-refractivity contribution is 6.42. The van der Waals surface area contributed by atoms with Gasteiger partial charge in [-0.15, -0.1) is 0 Å². The Balaban J connectivity index is 1.59. The minimum atomic E-state index is -0.276. The van der Waals surface area contributed by atoms with Crippen LogP contribution in [0.5, 0.6) is 0 Å². The summed E-state index contributed by atoms with van der Waals surface area (Å²) in [6.07, 6.45) is 5.04. The zero-order valence-electron chi connectivity index (χ0n) is 21.6. The number of benzene rings is 2. The van der Waals surface area contributed by atoms with Crippen LogP contribution in [-0.4, -0.2) is 33.0 Å². The SMILES string of the molecule is CC(C)(C)c1cc(NC(=O)CN(Cc2ccccc2)C(=O)C2CCCCC2)n(-c2ccc(Cl)c(Cl)c2)n1. The Kier molecular flexibility index (Phi) is 8.60. The number of nitrogens with zero attached hydrogens (tertiary/aromatic N) is 3. The van der Waals surface area contributed by atoms with E-state index in [-0.39, 0.29) is 29.7 Å². The number of carbonyl (C=O) groups is 2. The predicted molar refractivity (Wildman–Crippen MR) is 149 cm³/mol. The summed E-state index contributed by atoms with van der Waals surface area (Å²) >= 11 is 12.4. The van der Waals surface area contributed by atoms with Gasteiger partial charge in [-0.05, 0) is 36.6 Å². The molecule has 0 atom stereocenters. The fraction of sp³-hybridized carbons (Fsp3) is 0.414. The van der Waals surface area contributed by atoms with Crippen LogP contribution in [0.25, 0.3) is 5.69 Å². The van der Waals surface area contributed by atoms with Gasteiger partial charge in [-0.3, -0.25) is 9.59 Å². The van der Waals surface area contributed by atoms with Gasteiger partial charge >= 0.3 is 0 Å². The molecule has 2 amide bonds. The molecular weight excluding hydrogens is 507 g/mol. The summed E-state index contributed by atoms with van der Waals surface area (Å²) in [5, 5.41) is 8.59. The lowest BCUT2D eigenvalue weighted by Crippen LogP contribution is -2.41. The maximum absolute atomic E-state index is 13.5. The van der Waals surface area contributed by atoms with Gasteiger partial charge in [0.05, 0.1) is 21.4 Å². The van der Waals surface area contributed by atoms with Crippen LogP contribution in [0.15, 0.2) is 54.6 Å². The minimum Gasteiger partial charge on any atom is -0.329 e. The molecule has 0 saturated heterocycles. The van der Waals surface area contributed by atoms with Crippen molar-refractivity contribution >= 4 is 40.8 Å². The molecule has 196 valence electrons. The van der Waals surface area contributed by atoms with Gasteiger partial charge in [0.25, 0.3) is 0 Å². The lowest BCUT2D eigenvalue weighted by Gasteiger charge is -2.29. The summed E-state index contributed by atoms with van der Waals surface area (Å²) < 4.78 is 1.66. The lowest BCUT2D eigenvalue weighted by molar-refractivity contribution is -0.140. The highest BCUT2D eigenvalue weighted by Crippen LogP contribution is 2.30. The molecule has 0 aliphatic heterocycles. The Morgan fingerprint density at radius 2 is 1.70 bits per heavy atom. The third-order valence-electron chi connectivity index (χ3n) is 6.71. The molecule has 4 rings (SSSR count). The summed E-state index contributed by atoms with van der Waals surface area (Å²) in [6.45, 7) is 6.53. The summed E-state index contributed by atoms with van der Waals surface area (Å²) in [6, 6.07) is 16.9. The van der Waals surface area contributed by atoms with E-state index >= 15 is 0 Å². The number of halogens is 2. The predicted octanol–water partition coefficient (Wildman–Crippen LogP) is 7.02. The van der Waals surface area contributed by atoms with E-state index in [1.165, 1.54) is 0 Å². The number of rotatable bonds is 7. The molecule has 1 saturated carbocycles. The van der Waals surface area contributed by atoms with Crippen molar-refractivity contribution < 1.29 is 9.59 Å². The molecule has 1 aliphatic carbocycles. The average Bonchev–Trinajstić information content (AvgIpc) is 3.30. The molecule has 1 fully saturated rings. The number of hydrogen-bond acceptors (Lipinski definition) is 3. The topological polar surface area (TPSA) is 67.2 Å². The second-order valence-electron chi connectivity index (χ2n) is 10.7.